The number of hydrogen-bond acceptors (Lipinski definition) is 5. The highest BCUT2D eigenvalue weighted by molar-refractivity contribution is 5.98. The van der Waals surface area contributed by atoms with Gasteiger partial charge in [-0.1, -0.05) is 0 Å². The van der Waals surface area contributed by atoms with Crippen molar-refractivity contribution in [2.24, 2.45) is 0 Å². The van der Waals surface area contributed by atoms with Gasteiger partial charge in [0.05, 0.1) is 33.0 Å². The molecule has 1 amide bonds. The van der Waals surface area contributed by atoms with Gasteiger partial charge in [-0.15, -0.1) is 0 Å². The molecule has 112 valence electrons. The van der Waals surface area contributed by atoms with Crippen LogP contribution in [-0.2, 0) is 0 Å². The Morgan fingerprint density at radius 2 is 1.85 bits per heavy atom. The fraction of sp³-hybridized carbons (Fsp3) is 0.500. The van der Waals surface area contributed by atoms with E-state index in [-0.39, 0.29) is 5.91 Å². The van der Waals surface area contributed by atoms with Gasteiger partial charge in [-0.25, -0.2) is 0 Å². The van der Waals surface area contributed by atoms with Gasteiger partial charge in [-0.05, 0) is 25.5 Å². The number of rotatable bonds is 7. The van der Waals surface area contributed by atoms with Crippen molar-refractivity contribution < 1.29 is 24.1 Å². The van der Waals surface area contributed by atoms with Crippen LogP contribution in [-0.4, -0.2) is 45.0 Å². The Bertz CT molecular complexity index is 459. The van der Waals surface area contributed by atoms with Crippen molar-refractivity contribution in [3.8, 4) is 17.2 Å². The maximum Gasteiger partial charge on any atom is 0.255 e. The summed E-state index contributed by atoms with van der Waals surface area (Å²) < 4.78 is 15.6. The molecule has 0 saturated heterocycles. The molecule has 1 aromatic rings. The first kappa shape index (κ1) is 16.1. The second-order valence-electron chi connectivity index (χ2n) is 4.28. The number of benzene rings is 1. The van der Waals surface area contributed by atoms with Gasteiger partial charge in [0.2, 0.25) is 5.75 Å². The molecule has 1 atom stereocenters. The standard InChI is InChI=1S/C14H21NO5/c1-9(16)7-8-15-14(17)10-5-6-11(18-2)13(20-4)12(10)19-3/h5-6,9,16H,7-8H2,1-4H3,(H,15,17). The van der Waals surface area contributed by atoms with Crippen LogP contribution in [0.2, 0.25) is 0 Å². The van der Waals surface area contributed by atoms with Crippen molar-refractivity contribution in [2.75, 3.05) is 27.9 Å². The highest BCUT2D eigenvalue weighted by Gasteiger charge is 2.20. The molecule has 1 rings (SSSR count). The van der Waals surface area contributed by atoms with Crippen molar-refractivity contribution in [2.45, 2.75) is 19.4 Å². The molecule has 2 N–H and O–H groups in total. The smallest absolute Gasteiger partial charge is 0.255 e. The molecule has 0 radical (unpaired) electrons. The van der Waals surface area contributed by atoms with Crippen LogP contribution in [0.15, 0.2) is 12.1 Å². The Balaban J connectivity index is 2.97. The number of carbonyl (C=O) groups excluding carboxylic acids is 1. The number of methoxy groups -OCH3 is 3. The minimum absolute atomic E-state index is 0.288. The Hall–Kier alpha value is -1.95. The van der Waals surface area contributed by atoms with Gasteiger partial charge >= 0.3 is 0 Å². The lowest BCUT2D eigenvalue weighted by Crippen LogP contribution is -2.27. The minimum Gasteiger partial charge on any atom is -0.493 e. The number of hydrogen-bond donors (Lipinski definition) is 2. The van der Waals surface area contributed by atoms with Gasteiger partial charge in [-0.2, -0.15) is 0 Å². The zero-order valence-electron chi connectivity index (χ0n) is 12.2. The minimum atomic E-state index is -0.456. The van der Waals surface area contributed by atoms with Crippen LogP contribution in [0.3, 0.4) is 0 Å². The molecule has 0 spiro atoms. The van der Waals surface area contributed by atoms with E-state index in [1.807, 2.05) is 0 Å². The third-order valence-corrected chi connectivity index (χ3v) is 2.80. The Labute approximate surface area is 118 Å². The molecule has 6 heteroatoms. The van der Waals surface area contributed by atoms with Crippen molar-refractivity contribution in [3.63, 3.8) is 0 Å². The van der Waals surface area contributed by atoms with Crippen molar-refractivity contribution in [1.29, 1.82) is 0 Å². The summed E-state index contributed by atoms with van der Waals surface area (Å²) in [6.07, 6.45) is 0.0315. The van der Waals surface area contributed by atoms with Gasteiger partial charge in [0.25, 0.3) is 5.91 Å². The van der Waals surface area contributed by atoms with E-state index in [0.717, 1.165) is 0 Å². The van der Waals surface area contributed by atoms with Crippen molar-refractivity contribution in [3.05, 3.63) is 17.7 Å². The summed E-state index contributed by atoms with van der Waals surface area (Å²) >= 11 is 0. The molecule has 1 unspecified atom stereocenters. The van der Waals surface area contributed by atoms with Gasteiger partial charge in [0.15, 0.2) is 11.5 Å². The average molecular weight is 283 g/mol. The number of amides is 1. The van der Waals surface area contributed by atoms with E-state index in [9.17, 15) is 9.90 Å². The summed E-state index contributed by atoms with van der Waals surface area (Å²) in [6.45, 7) is 2.05. The molecule has 0 aliphatic rings. The molecule has 20 heavy (non-hydrogen) atoms. The Kier molecular flexibility index (Phi) is 6.11. The average Bonchev–Trinajstić information content (AvgIpc) is 2.44. The van der Waals surface area contributed by atoms with Gasteiger partial charge in [-0.3, -0.25) is 4.79 Å². The summed E-state index contributed by atoms with van der Waals surface area (Å²) in [4.78, 5) is 12.1. The summed E-state index contributed by atoms with van der Waals surface area (Å²) in [7, 11) is 4.46. The molecular weight excluding hydrogens is 262 g/mol. The lowest BCUT2D eigenvalue weighted by atomic mass is 10.1. The summed E-state index contributed by atoms with van der Waals surface area (Å²) in [5.41, 5.74) is 0.357. The normalized spacial score (nSPS) is 11.7. The monoisotopic (exact) mass is 283 g/mol. The van der Waals surface area contributed by atoms with E-state index in [1.54, 1.807) is 19.1 Å². The number of nitrogens with one attached hydrogen (secondary N) is 1. The van der Waals surface area contributed by atoms with Crippen LogP contribution >= 0.6 is 0 Å². The van der Waals surface area contributed by atoms with Gasteiger partial charge < -0.3 is 24.6 Å². The maximum absolute atomic E-state index is 12.1. The molecule has 0 bridgehead atoms. The molecule has 0 fully saturated rings. The van der Waals surface area contributed by atoms with Crippen LogP contribution in [0.1, 0.15) is 23.7 Å². The van der Waals surface area contributed by atoms with E-state index in [4.69, 9.17) is 14.2 Å². The van der Waals surface area contributed by atoms with Crippen LogP contribution in [0.5, 0.6) is 17.2 Å². The SMILES string of the molecule is COc1ccc(C(=O)NCCC(C)O)c(OC)c1OC. The molecular formula is C14H21NO5. The van der Waals surface area contributed by atoms with Crippen LogP contribution in [0.25, 0.3) is 0 Å². The fourth-order valence-corrected chi connectivity index (χ4v) is 1.77. The second kappa shape index (κ2) is 7.59. The van der Waals surface area contributed by atoms with Crippen LogP contribution < -0.4 is 19.5 Å². The molecule has 1 aromatic carbocycles. The Morgan fingerprint density at radius 1 is 1.20 bits per heavy atom. The highest BCUT2D eigenvalue weighted by atomic mass is 16.5. The molecule has 0 saturated carbocycles. The lowest BCUT2D eigenvalue weighted by molar-refractivity contribution is 0.0942. The number of aliphatic hydroxyl groups excluding tert-OH is 1. The van der Waals surface area contributed by atoms with E-state index in [1.165, 1.54) is 21.3 Å². The zero-order chi connectivity index (χ0) is 15.1. The first-order valence-corrected chi connectivity index (χ1v) is 6.30. The molecule has 0 aliphatic heterocycles. The molecule has 0 aliphatic carbocycles. The third-order valence-electron chi connectivity index (χ3n) is 2.80. The lowest BCUT2D eigenvalue weighted by Gasteiger charge is -2.15. The molecule has 0 heterocycles. The first-order chi connectivity index (χ1) is 9.54. The largest absolute Gasteiger partial charge is 0.493 e. The van der Waals surface area contributed by atoms with Crippen molar-refractivity contribution in [1.82, 2.24) is 5.32 Å². The van der Waals surface area contributed by atoms with E-state index < -0.39 is 6.10 Å². The molecule has 6 nitrogen and oxygen atoms in total. The van der Waals surface area contributed by atoms with E-state index in [2.05, 4.69) is 5.32 Å². The van der Waals surface area contributed by atoms with Crippen LogP contribution in [0, 0.1) is 0 Å². The number of carbonyl (C=O) groups is 1. The third kappa shape index (κ3) is 3.77. The van der Waals surface area contributed by atoms with E-state index >= 15 is 0 Å². The first-order valence-electron chi connectivity index (χ1n) is 6.30. The van der Waals surface area contributed by atoms with Gasteiger partial charge in [0.1, 0.15) is 0 Å². The number of ether oxygens (including phenoxy) is 3. The van der Waals surface area contributed by atoms with E-state index in [0.29, 0.717) is 35.8 Å². The van der Waals surface area contributed by atoms with Gasteiger partial charge in [0, 0.05) is 6.54 Å². The fourth-order valence-electron chi connectivity index (χ4n) is 1.77. The maximum atomic E-state index is 12.1. The molecule has 0 aromatic heterocycles. The topological polar surface area (TPSA) is 77.0 Å². The second-order valence-corrected chi connectivity index (χ2v) is 4.28. The quantitative estimate of drug-likeness (QED) is 0.786. The summed E-state index contributed by atoms with van der Waals surface area (Å²) in [6, 6.07) is 3.25. The Morgan fingerprint density at radius 3 is 2.35 bits per heavy atom. The highest BCUT2D eigenvalue weighted by Crippen LogP contribution is 2.39. The predicted octanol–water partition coefficient (Wildman–Crippen LogP) is 1.21. The summed E-state index contributed by atoms with van der Waals surface area (Å²) in [5, 5.41) is 11.9. The summed E-state index contributed by atoms with van der Waals surface area (Å²) in [5.74, 6) is 0.896. The number of aliphatic hydroxyl groups is 1. The van der Waals surface area contributed by atoms with Crippen molar-refractivity contribution >= 4 is 5.91 Å². The predicted molar refractivity (Wildman–Crippen MR) is 74.7 cm³/mol. The van der Waals surface area contributed by atoms with Crippen LogP contribution in [0.4, 0.5) is 0 Å². The zero-order valence-corrected chi connectivity index (χ0v) is 12.2.